The first kappa shape index (κ1) is 11.1. The highest BCUT2D eigenvalue weighted by Gasteiger charge is 2.46. The second-order valence-corrected chi connectivity index (χ2v) is 5.21. The Kier molecular flexibility index (Phi) is 2.60. The number of hydrogen-bond donors (Lipinski definition) is 1. The van der Waals surface area contributed by atoms with E-state index in [-0.39, 0.29) is 0 Å². The Morgan fingerprint density at radius 2 is 2.12 bits per heavy atom. The lowest BCUT2D eigenvalue weighted by Gasteiger charge is -2.50. The summed E-state index contributed by atoms with van der Waals surface area (Å²) < 4.78 is 5.25. The summed E-state index contributed by atoms with van der Waals surface area (Å²) >= 11 is 0. The third-order valence-electron chi connectivity index (χ3n) is 4.30. The van der Waals surface area contributed by atoms with Crippen molar-refractivity contribution >= 4 is 0 Å². The molecule has 1 aromatic rings. The van der Waals surface area contributed by atoms with Crippen LogP contribution in [-0.4, -0.2) is 36.8 Å². The number of methoxy groups -OCH3 is 1. The van der Waals surface area contributed by atoms with Crippen molar-refractivity contribution in [1.82, 2.24) is 4.90 Å². The lowest BCUT2D eigenvalue weighted by atomic mass is 9.72. The van der Waals surface area contributed by atoms with Crippen molar-refractivity contribution in [3.05, 3.63) is 29.8 Å². The van der Waals surface area contributed by atoms with E-state index in [1.807, 2.05) is 24.3 Å². The van der Waals surface area contributed by atoms with Gasteiger partial charge in [0.15, 0.2) is 0 Å². The zero-order valence-corrected chi connectivity index (χ0v) is 10.2. The standard InChI is InChI=1S/C14H19NO2/c1-17-13-4-2-3-12(9-13)14(16)10-15-7-5-11(14)6-8-15/h2-4,9,11,16H,5-8,10H2,1H3/t14-/m0/s1. The molecule has 1 N–H and O–H groups in total. The van der Waals surface area contributed by atoms with Crippen LogP contribution in [-0.2, 0) is 5.60 Å². The predicted molar refractivity (Wildman–Crippen MR) is 66.1 cm³/mol. The van der Waals surface area contributed by atoms with Gasteiger partial charge in [0.2, 0.25) is 0 Å². The molecule has 2 bridgehead atoms. The number of rotatable bonds is 2. The van der Waals surface area contributed by atoms with E-state index < -0.39 is 5.60 Å². The monoisotopic (exact) mass is 233 g/mol. The van der Waals surface area contributed by atoms with Crippen LogP contribution in [0.4, 0.5) is 0 Å². The number of nitrogens with zero attached hydrogens (tertiary/aromatic N) is 1. The summed E-state index contributed by atoms with van der Waals surface area (Å²) in [7, 11) is 1.67. The van der Waals surface area contributed by atoms with Crippen molar-refractivity contribution in [2.24, 2.45) is 5.92 Å². The van der Waals surface area contributed by atoms with Crippen molar-refractivity contribution in [3.8, 4) is 5.75 Å². The Balaban J connectivity index is 1.96. The Hall–Kier alpha value is -1.06. The minimum atomic E-state index is -0.676. The third-order valence-corrected chi connectivity index (χ3v) is 4.30. The molecule has 1 atom stereocenters. The van der Waals surface area contributed by atoms with Gasteiger partial charge in [-0.15, -0.1) is 0 Å². The first-order valence-electron chi connectivity index (χ1n) is 6.31. The molecule has 3 heterocycles. The molecule has 0 radical (unpaired) electrons. The predicted octanol–water partition coefficient (Wildman–Crippen LogP) is 1.61. The molecule has 92 valence electrons. The first-order valence-corrected chi connectivity index (χ1v) is 6.31. The third kappa shape index (κ3) is 1.74. The van der Waals surface area contributed by atoms with Crippen LogP contribution in [0.3, 0.4) is 0 Å². The summed E-state index contributed by atoms with van der Waals surface area (Å²) in [6.45, 7) is 3.04. The van der Waals surface area contributed by atoms with E-state index in [0.29, 0.717) is 5.92 Å². The molecule has 3 heteroatoms. The van der Waals surface area contributed by atoms with Crippen molar-refractivity contribution in [2.45, 2.75) is 18.4 Å². The summed E-state index contributed by atoms with van der Waals surface area (Å²) in [6.07, 6.45) is 2.21. The molecule has 0 spiro atoms. The van der Waals surface area contributed by atoms with Crippen LogP contribution in [0.25, 0.3) is 0 Å². The Morgan fingerprint density at radius 1 is 1.35 bits per heavy atom. The van der Waals surface area contributed by atoms with Gasteiger partial charge in [0.1, 0.15) is 11.4 Å². The topological polar surface area (TPSA) is 32.7 Å². The number of ether oxygens (including phenoxy) is 1. The van der Waals surface area contributed by atoms with E-state index in [0.717, 1.165) is 43.8 Å². The van der Waals surface area contributed by atoms with E-state index >= 15 is 0 Å². The summed E-state index contributed by atoms with van der Waals surface area (Å²) in [4.78, 5) is 2.36. The molecule has 0 unspecified atom stereocenters. The number of piperidine rings is 3. The smallest absolute Gasteiger partial charge is 0.119 e. The van der Waals surface area contributed by atoms with Gasteiger partial charge in [-0.3, -0.25) is 0 Å². The van der Waals surface area contributed by atoms with Gasteiger partial charge in [0, 0.05) is 6.54 Å². The van der Waals surface area contributed by atoms with Crippen LogP contribution in [0.5, 0.6) is 5.75 Å². The molecular formula is C14H19NO2. The molecular weight excluding hydrogens is 214 g/mol. The van der Waals surface area contributed by atoms with Gasteiger partial charge >= 0.3 is 0 Å². The minimum Gasteiger partial charge on any atom is -0.497 e. The molecule has 1 aromatic carbocycles. The maximum absolute atomic E-state index is 11.0. The molecule has 0 aliphatic carbocycles. The molecule has 0 amide bonds. The fraction of sp³-hybridized carbons (Fsp3) is 0.571. The summed E-state index contributed by atoms with van der Waals surface area (Å²) in [5.41, 5.74) is 0.330. The van der Waals surface area contributed by atoms with Crippen molar-refractivity contribution in [3.63, 3.8) is 0 Å². The number of benzene rings is 1. The molecule has 3 aliphatic rings. The van der Waals surface area contributed by atoms with E-state index in [1.165, 1.54) is 0 Å². The maximum atomic E-state index is 11.0. The second-order valence-electron chi connectivity index (χ2n) is 5.21. The number of hydrogen-bond acceptors (Lipinski definition) is 3. The number of fused-ring (bicyclic) bond motifs is 3. The SMILES string of the molecule is COc1cccc([C@]2(O)CN3CCC2CC3)c1. The minimum absolute atomic E-state index is 0.402. The van der Waals surface area contributed by atoms with Crippen LogP contribution in [0, 0.1) is 5.92 Å². The van der Waals surface area contributed by atoms with Gasteiger partial charge in [-0.2, -0.15) is 0 Å². The maximum Gasteiger partial charge on any atom is 0.119 e. The average Bonchev–Trinajstić information content (AvgIpc) is 2.40. The van der Waals surface area contributed by atoms with Gasteiger partial charge in [0.25, 0.3) is 0 Å². The Labute approximate surface area is 102 Å². The van der Waals surface area contributed by atoms with E-state index in [4.69, 9.17) is 4.74 Å². The molecule has 3 aliphatic heterocycles. The van der Waals surface area contributed by atoms with Gasteiger partial charge in [0.05, 0.1) is 7.11 Å². The summed E-state index contributed by atoms with van der Waals surface area (Å²) in [5, 5.41) is 11.0. The molecule has 0 aromatic heterocycles. The normalized spacial score (nSPS) is 35.9. The van der Waals surface area contributed by atoms with Crippen LogP contribution in [0.1, 0.15) is 18.4 Å². The van der Waals surface area contributed by atoms with Crippen LogP contribution in [0.2, 0.25) is 0 Å². The van der Waals surface area contributed by atoms with E-state index in [9.17, 15) is 5.11 Å². The Bertz CT molecular complexity index is 412. The molecule has 4 rings (SSSR count). The highest BCUT2D eigenvalue weighted by molar-refractivity contribution is 5.34. The fourth-order valence-corrected chi connectivity index (χ4v) is 3.26. The molecule has 3 nitrogen and oxygen atoms in total. The van der Waals surface area contributed by atoms with Crippen LogP contribution >= 0.6 is 0 Å². The van der Waals surface area contributed by atoms with Gasteiger partial charge < -0.3 is 14.7 Å². The van der Waals surface area contributed by atoms with Crippen molar-refractivity contribution < 1.29 is 9.84 Å². The second kappa shape index (κ2) is 4.00. The number of aliphatic hydroxyl groups is 1. The lowest BCUT2D eigenvalue weighted by molar-refractivity contribution is -0.117. The van der Waals surface area contributed by atoms with E-state index in [1.54, 1.807) is 7.11 Å². The zero-order valence-electron chi connectivity index (χ0n) is 10.2. The molecule has 3 fully saturated rings. The van der Waals surface area contributed by atoms with Crippen LogP contribution < -0.4 is 4.74 Å². The molecule has 17 heavy (non-hydrogen) atoms. The van der Waals surface area contributed by atoms with Crippen molar-refractivity contribution in [2.75, 3.05) is 26.7 Å². The van der Waals surface area contributed by atoms with Crippen molar-refractivity contribution in [1.29, 1.82) is 0 Å². The Morgan fingerprint density at radius 3 is 2.71 bits per heavy atom. The highest BCUT2D eigenvalue weighted by atomic mass is 16.5. The molecule has 0 saturated carbocycles. The van der Waals surface area contributed by atoms with Crippen LogP contribution in [0.15, 0.2) is 24.3 Å². The molecule has 3 saturated heterocycles. The average molecular weight is 233 g/mol. The van der Waals surface area contributed by atoms with Gasteiger partial charge in [-0.05, 0) is 49.5 Å². The highest BCUT2D eigenvalue weighted by Crippen LogP contribution is 2.42. The lowest BCUT2D eigenvalue weighted by Crippen LogP contribution is -2.57. The fourth-order valence-electron chi connectivity index (χ4n) is 3.26. The summed E-state index contributed by atoms with van der Waals surface area (Å²) in [6, 6.07) is 7.88. The van der Waals surface area contributed by atoms with Gasteiger partial charge in [-0.1, -0.05) is 12.1 Å². The first-order chi connectivity index (χ1) is 8.22. The quantitative estimate of drug-likeness (QED) is 0.842. The summed E-state index contributed by atoms with van der Waals surface area (Å²) in [5.74, 6) is 1.23. The van der Waals surface area contributed by atoms with E-state index in [2.05, 4.69) is 4.90 Å². The zero-order chi connectivity index (χ0) is 11.9. The van der Waals surface area contributed by atoms with Gasteiger partial charge in [-0.25, -0.2) is 0 Å². The largest absolute Gasteiger partial charge is 0.497 e.